The summed E-state index contributed by atoms with van der Waals surface area (Å²) in [6.45, 7) is 0. The van der Waals surface area contributed by atoms with Crippen LogP contribution in [0.15, 0.2) is 75.4 Å². The molecule has 140 valence electrons. The Morgan fingerprint density at radius 2 is 1.90 bits per heavy atom. The first-order chi connectivity index (χ1) is 14.2. The molecule has 2 aromatic carbocycles. The largest absolute Gasteiger partial charge is 0.342 e. The van der Waals surface area contributed by atoms with Gasteiger partial charge in [0.15, 0.2) is 0 Å². The fourth-order valence-corrected chi connectivity index (χ4v) is 2.62. The van der Waals surface area contributed by atoms with Crippen LogP contribution >= 0.6 is 0 Å². The molecule has 2 N–H and O–H groups in total. The highest BCUT2D eigenvalue weighted by atomic mass is 16.5. The molecule has 0 aliphatic heterocycles. The van der Waals surface area contributed by atoms with Crippen molar-refractivity contribution >= 4 is 12.2 Å². The molecule has 0 radical (unpaired) electrons. The molecule has 0 bridgehead atoms. The second-order valence-electron chi connectivity index (χ2n) is 5.86. The Morgan fingerprint density at radius 1 is 1.10 bits per heavy atom. The van der Waals surface area contributed by atoms with Gasteiger partial charge in [0, 0.05) is 11.1 Å². The molecule has 0 unspecified atom stereocenters. The molecule has 29 heavy (non-hydrogen) atoms. The van der Waals surface area contributed by atoms with Crippen molar-refractivity contribution < 1.29 is 4.52 Å². The standard InChI is InChI=1S/C20H13N7O2/c21-10-16-17(14-4-2-1-3-5-14)24-20(25-19(16)28)26-23-11-13-6-8-15(9-7-13)18-22-12-29-27-18/h1-9,11-12H,(H2,24,25,26,28). The lowest BCUT2D eigenvalue weighted by molar-refractivity contribution is 0.419. The van der Waals surface area contributed by atoms with Gasteiger partial charge < -0.3 is 4.52 Å². The van der Waals surface area contributed by atoms with Crippen molar-refractivity contribution in [2.24, 2.45) is 5.10 Å². The second-order valence-corrected chi connectivity index (χ2v) is 5.86. The minimum atomic E-state index is -0.538. The summed E-state index contributed by atoms with van der Waals surface area (Å²) in [6, 6.07) is 18.3. The Bertz CT molecular complexity index is 1240. The van der Waals surface area contributed by atoms with Gasteiger partial charge in [0.2, 0.25) is 18.2 Å². The van der Waals surface area contributed by atoms with Crippen molar-refractivity contribution in [2.75, 3.05) is 5.43 Å². The van der Waals surface area contributed by atoms with Gasteiger partial charge in [-0.15, -0.1) is 0 Å². The number of hydrazone groups is 1. The van der Waals surface area contributed by atoms with Crippen molar-refractivity contribution in [3.63, 3.8) is 0 Å². The molecule has 0 saturated heterocycles. The van der Waals surface area contributed by atoms with Crippen LogP contribution in [0.25, 0.3) is 22.6 Å². The van der Waals surface area contributed by atoms with E-state index >= 15 is 0 Å². The molecule has 0 aliphatic rings. The van der Waals surface area contributed by atoms with Crippen LogP contribution in [0.3, 0.4) is 0 Å². The fourth-order valence-electron chi connectivity index (χ4n) is 2.62. The zero-order valence-corrected chi connectivity index (χ0v) is 14.9. The van der Waals surface area contributed by atoms with E-state index in [0.717, 1.165) is 11.1 Å². The summed E-state index contributed by atoms with van der Waals surface area (Å²) in [6.07, 6.45) is 2.84. The fraction of sp³-hybridized carbons (Fsp3) is 0. The van der Waals surface area contributed by atoms with Gasteiger partial charge in [0.1, 0.15) is 11.6 Å². The van der Waals surface area contributed by atoms with Crippen LogP contribution < -0.4 is 11.0 Å². The number of H-pyrrole nitrogens is 1. The summed E-state index contributed by atoms with van der Waals surface area (Å²) < 4.78 is 4.73. The van der Waals surface area contributed by atoms with Gasteiger partial charge in [0.25, 0.3) is 5.56 Å². The third-order valence-corrected chi connectivity index (χ3v) is 3.99. The van der Waals surface area contributed by atoms with Gasteiger partial charge in [-0.1, -0.05) is 59.8 Å². The Morgan fingerprint density at radius 3 is 2.59 bits per heavy atom. The lowest BCUT2D eigenvalue weighted by Gasteiger charge is -2.05. The molecular formula is C20H13N7O2. The number of nitrogens with one attached hydrogen (secondary N) is 2. The Hall–Kier alpha value is -4.58. The van der Waals surface area contributed by atoms with Crippen molar-refractivity contribution in [1.82, 2.24) is 20.1 Å². The number of anilines is 1. The second kappa shape index (κ2) is 7.98. The van der Waals surface area contributed by atoms with Crippen LogP contribution in [0.1, 0.15) is 11.1 Å². The van der Waals surface area contributed by atoms with E-state index in [0.29, 0.717) is 17.1 Å². The highest BCUT2D eigenvalue weighted by Gasteiger charge is 2.12. The summed E-state index contributed by atoms with van der Waals surface area (Å²) >= 11 is 0. The number of nitrogens with zero attached hydrogens (tertiary/aromatic N) is 5. The summed E-state index contributed by atoms with van der Waals surface area (Å²) in [5, 5.41) is 17.2. The van der Waals surface area contributed by atoms with Crippen LogP contribution in [0, 0.1) is 11.3 Å². The summed E-state index contributed by atoms with van der Waals surface area (Å²) in [4.78, 5) is 23.0. The SMILES string of the molecule is N#Cc1c(-c2ccccc2)nc(NN=Cc2ccc(-c3ncon3)cc2)[nH]c1=O. The van der Waals surface area contributed by atoms with Gasteiger partial charge >= 0.3 is 0 Å². The number of aromatic nitrogens is 4. The molecule has 0 atom stereocenters. The van der Waals surface area contributed by atoms with E-state index in [4.69, 9.17) is 4.52 Å². The highest BCUT2D eigenvalue weighted by molar-refractivity contribution is 5.81. The molecule has 9 heteroatoms. The minimum Gasteiger partial charge on any atom is -0.342 e. The van der Waals surface area contributed by atoms with E-state index in [1.807, 2.05) is 48.5 Å². The first-order valence-corrected chi connectivity index (χ1v) is 8.50. The molecular weight excluding hydrogens is 370 g/mol. The molecule has 0 saturated carbocycles. The third-order valence-electron chi connectivity index (χ3n) is 3.99. The maximum absolute atomic E-state index is 12.2. The molecule has 0 spiro atoms. The monoisotopic (exact) mass is 383 g/mol. The van der Waals surface area contributed by atoms with Crippen LogP contribution in [-0.2, 0) is 0 Å². The molecule has 4 aromatic rings. The Balaban J connectivity index is 1.55. The first-order valence-electron chi connectivity index (χ1n) is 8.50. The number of rotatable bonds is 5. The van der Waals surface area contributed by atoms with E-state index < -0.39 is 5.56 Å². The maximum Gasteiger partial charge on any atom is 0.270 e. The van der Waals surface area contributed by atoms with E-state index in [1.54, 1.807) is 18.3 Å². The topological polar surface area (TPSA) is 133 Å². The Labute approximate surface area is 164 Å². The van der Waals surface area contributed by atoms with Gasteiger partial charge in [-0.25, -0.2) is 10.4 Å². The van der Waals surface area contributed by atoms with Gasteiger partial charge in [-0.05, 0) is 5.56 Å². The average Bonchev–Trinajstić information content (AvgIpc) is 3.29. The number of aromatic amines is 1. The van der Waals surface area contributed by atoms with E-state index in [-0.39, 0.29) is 11.5 Å². The maximum atomic E-state index is 12.2. The lowest BCUT2D eigenvalue weighted by Crippen LogP contribution is -2.16. The van der Waals surface area contributed by atoms with Gasteiger partial charge in [-0.3, -0.25) is 9.78 Å². The zero-order chi connectivity index (χ0) is 20.1. The zero-order valence-electron chi connectivity index (χ0n) is 14.9. The summed E-state index contributed by atoms with van der Waals surface area (Å²) in [5.41, 5.74) is 4.68. The van der Waals surface area contributed by atoms with Crippen LogP contribution in [0.4, 0.5) is 5.95 Å². The summed E-state index contributed by atoms with van der Waals surface area (Å²) in [5.74, 6) is 0.631. The normalized spacial score (nSPS) is 10.7. The Kier molecular flexibility index (Phi) is 4.90. The van der Waals surface area contributed by atoms with Gasteiger partial charge in [0.05, 0.1) is 11.9 Å². The lowest BCUT2D eigenvalue weighted by atomic mass is 10.1. The molecule has 0 fully saturated rings. The van der Waals surface area contributed by atoms with Crippen LogP contribution in [-0.4, -0.2) is 26.3 Å². The number of hydrogen-bond donors (Lipinski definition) is 2. The van der Waals surface area contributed by atoms with E-state index in [9.17, 15) is 10.1 Å². The highest BCUT2D eigenvalue weighted by Crippen LogP contribution is 2.19. The van der Waals surface area contributed by atoms with E-state index in [1.165, 1.54) is 6.39 Å². The van der Waals surface area contributed by atoms with Gasteiger partial charge in [-0.2, -0.15) is 15.3 Å². The molecule has 0 amide bonds. The molecule has 2 aromatic heterocycles. The number of hydrogen-bond acceptors (Lipinski definition) is 8. The molecule has 0 aliphatic carbocycles. The first kappa shape index (κ1) is 17.8. The quantitative estimate of drug-likeness (QED) is 0.400. The third kappa shape index (κ3) is 3.91. The summed E-state index contributed by atoms with van der Waals surface area (Å²) in [7, 11) is 0. The van der Waals surface area contributed by atoms with Crippen molar-refractivity contribution in [3.8, 4) is 28.7 Å². The minimum absolute atomic E-state index is 0.0530. The smallest absolute Gasteiger partial charge is 0.270 e. The number of nitriles is 1. The predicted octanol–water partition coefficient (Wildman–Crippen LogP) is 2.80. The van der Waals surface area contributed by atoms with Crippen LogP contribution in [0.5, 0.6) is 0 Å². The van der Waals surface area contributed by atoms with Crippen molar-refractivity contribution in [3.05, 3.63) is 82.5 Å². The molecule has 2 heterocycles. The number of benzene rings is 2. The average molecular weight is 383 g/mol. The van der Waals surface area contributed by atoms with Crippen molar-refractivity contribution in [2.45, 2.75) is 0 Å². The van der Waals surface area contributed by atoms with E-state index in [2.05, 4.69) is 30.6 Å². The molecule has 9 nitrogen and oxygen atoms in total. The van der Waals surface area contributed by atoms with Crippen molar-refractivity contribution in [1.29, 1.82) is 5.26 Å². The van der Waals surface area contributed by atoms with Crippen LogP contribution in [0.2, 0.25) is 0 Å². The predicted molar refractivity (Wildman–Crippen MR) is 106 cm³/mol. The molecule has 4 rings (SSSR count).